The molecule has 5 unspecified atom stereocenters. The molecule has 13 heavy (non-hydrogen) atoms. The van der Waals surface area contributed by atoms with E-state index in [1.54, 1.807) is 0 Å². The standard InChI is InChI=1S/C8H8O5/c9-6-4-3(5(4)7(10)11)2-1-12-8(6)13-2/h2-5,8H,1H2,(H,10,11). The van der Waals surface area contributed by atoms with Crippen molar-refractivity contribution in [3.8, 4) is 0 Å². The number of hydrogen-bond acceptors (Lipinski definition) is 4. The number of carboxylic acids is 1. The Hall–Kier alpha value is -0.940. The summed E-state index contributed by atoms with van der Waals surface area (Å²) in [6, 6.07) is 0. The van der Waals surface area contributed by atoms with E-state index in [0.717, 1.165) is 0 Å². The largest absolute Gasteiger partial charge is 0.481 e. The number of Topliss-reactive ketones (excluding diaryl/α,β-unsaturated/α-hetero) is 1. The Balaban J connectivity index is 1.91. The summed E-state index contributed by atoms with van der Waals surface area (Å²) in [7, 11) is 0. The number of carboxylic acid groups (broad SMARTS) is 1. The highest BCUT2D eigenvalue weighted by Crippen LogP contribution is 2.55. The van der Waals surface area contributed by atoms with E-state index in [-0.39, 0.29) is 23.7 Å². The maximum atomic E-state index is 11.4. The molecule has 2 bridgehead atoms. The lowest BCUT2D eigenvalue weighted by atomic mass is 10.1. The van der Waals surface area contributed by atoms with Crippen molar-refractivity contribution in [3.05, 3.63) is 0 Å². The molecular weight excluding hydrogens is 176 g/mol. The van der Waals surface area contributed by atoms with Crippen LogP contribution in [0.15, 0.2) is 0 Å². The molecule has 2 aliphatic heterocycles. The van der Waals surface area contributed by atoms with Crippen molar-refractivity contribution in [2.24, 2.45) is 17.8 Å². The van der Waals surface area contributed by atoms with Crippen molar-refractivity contribution in [1.29, 1.82) is 0 Å². The molecule has 0 aromatic carbocycles. The first-order valence-corrected chi connectivity index (χ1v) is 4.24. The lowest BCUT2D eigenvalue weighted by molar-refractivity contribution is -0.154. The van der Waals surface area contributed by atoms with Crippen molar-refractivity contribution >= 4 is 11.8 Å². The lowest BCUT2D eigenvalue weighted by Crippen LogP contribution is -2.30. The molecule has 0 spiro atoms. The van der Waals surface area contributed by atoms with E-state index in [9.17, 15) is 9.59 Å². The van der Waals surface area contributed by atoms with Crippen molar-refractivity contribution in [3.63, 3.8) is 0 Å². The molecule has 1 saturated carbocycles. The van der Waals surface area contributed by atoms with Gasteiger partial charge in [0.05, 0.1) is 18.6 Å². The van der Waals surface area contributed by atoms with Gasteiger partial charge in [0, 0.05) is 11.8 Å². The van der Waals surface area contributed by atoms with Gasteiger partial charge in [-0.2, -0.15) is 0 Å². The number of carbonyl (C=O) groups is 2. The average molecular weight is 184 g/mol. The van der Waals surface area contributed by atoms with Gasteiger partial charge in [-0.25, -0.2) is 0 Å². The van der Waals surface area contributed by atoms with Gasteiger partial charge in [-0.05, 0) is 0 Å². The molecule has 3 fully saturated rings. The Morgan fingerprint density at radius 3 is 3.00 bits per heavy atom. The Kier molecular flexibility index (Phi) is 1.21. The van der Waals surface area contributed by atoms with Crippen LogP contribution in [0, 0.1) is 17.8 Å². The first kappa shape index (κ1) is 7.46. The molecule has 3 aliphatic rings. The third kappa shape index (κ3) is 0.783. The second kappa shape index (κ2) is 2.10. The van der Waals surface area contributed by atoms with Crippen LogP contribution in [-0.2, 0) is 19.1 Å². The number of ether oxygens (including phenoxy) is 2. The van der Waals surface area contributed by atoms with E-state index in [1.807, 2.05) is 0 Å². The Bertz CT molecular complexity index is 299. The summed E-state index contributed by atoms with van der Waals surface area (Å²) in [5, 5.41) is 8.78. The third-order valence-electron chi connectivity index (χ3n) is 3.06. The fraction of sp³-hybridized carbons (Fsp3) is 0.750. The number of ketones is 1. The molecule has 0 aromatic rings. The SMILES string of the molecule is O=C(O)C1C2C(=O)C3OCC(O3)C12. The van der Waals surface area contributed by atoms with Crippen molar-refractivity contribution in [1.82, 2.24) is 0 Å². The van der Waals surface area contributed by atoms with Gasteiger partial charge >= 0.3 is 5.97 Å². The molecular formula is C8H8O5. The summed E-state index contributed by atoms with van der Waals surface area (Å²) in [6.07, 6.45) is -0.954. The van der Waals surface area contributed by atoms with Gasteiger partial charge in [0.25, 0.3) is 0 Å². The molecule has 1 aliphatic carbocycles. The van der Waals surface area contributed by atoms with E-state index in [0.29, 0.717) is 6.61 Å². The first-order valence-electron chi connectivity index (χ1n) is 4.24. The van der Waals surface area contributed by atoms with E-state index in [1.165, 1.54) is 0 Å². The highest BCUT2D eigenvalue weighted by atomic mass is 16.7. The van der Waals surface area contributed by atoms with Gasteiger partial charge in [0.1, 0.15) is 0 Å². The molecule has 0 amide bonds. The quantitative estimate of drug-likeness (QED) is 0.580. The van der Waals surface area contributed by atoms with E-state index >= 15 is 0 Å². The number of carbonyl (C=O) groups excluding carboxylic acids is 1. The monoisotopic (exact) mass is 184 g/mol. The number of fused-ring (bicyclic) bond motifs is 4. The summed E-state index contributed by atoms with van der Waals surface area (Å²) in [4.78, 5) is 22.1. The van der Waals surface area contributed by atoms with Crippen LogP contribution < -0.4 is 0 Å². The minimum atomic E-state index is -0.889. The maximum absolute atomic E-state index is 11.4. The van der Waals surface area contributed by atoms with Gasteiger partial charge < -0.3 is 14.6 Å². The molecule has 5 nitrogen and oxygen atoms in total. The normalized spacial score (nSPS) is 51.7. The molecule has 2 saturated heterocycles. The van der Waals surface area contributed by atoms with Gasteiger partial charge in [-0.15, -0.1) is 0 Å². The van der Waals surface area contributed by atoms with Crippen LogP contribution in [0.1, 0.15) is 0 Å². The van der Waals surface area contributed by atoms with E-state index in [4.69, 9.17) is 14.6 Å². The molecule has 0 aromatic heterocycles. The fourth-order valence-electron chi connectivity index (χ4n) is 2.41. The minimum absolute atomic E-state index is 0.135. The molecule has 70 valence electrons. The summed E-state index contributed by atoms with van der Waals surface area (Å²) < 4.78 is 10.3. The van der Waals surface area contributed by atoms with Gasteiger partial charge in [0.2, 0.25) is 6.29 Å². The molecule has 2 heterocycles. The Morgan fingerprint density at radius 1 is 1.54 bits per heavy atom. The minimum Gasteiger partial charge on any atom is -0.481 e. The van der Waals surface area contributed by atoms with Gasteiger partial charge in [0.15, 0.2) is 5.78 Å². The van der Waals surface area contributed by atoms with Crippen LogP contribution in [-0.4, -0.2) is 35.9 Å². The van der Waals surface area contributed by atoms with E-state index in [2.05, 4.69) is 0 Å². The summed E-state index contributed by atoms with van der Waals surface area (Å²) >= 11 is 0. The van der Waals surface area contributed by atoms with Crippen molar-refractivity contribution < 1.29 is 24.2 Å². The second-order valence-corrected chi connectivity index (χ2v) is 3.71. The van der Waals surface area contributed by atoms with Crippen LogP contribution in [0.3, 0.4) is 0 Å². The van der Waals surface area contributed by atoms with Crippen LogP contribution in [0.2, 0.25) is 0 Å². The lowest BCUT2D eigenvalue weighted by Gasteiger charge is -2.14. The first-order chi connectivity index (χ1) is 6.20. The van der Waals surface area contributed by atoms with E-state index < -0.39 is 18.2 Å². The van der Waals surface area contributed by atoms with Crippen molar-refractivity contribution in [2.75, 3.05) is 6.61 Å². The maximum Gasteiger partial charge on any atom is 0.307 e. The summed E-state index contributed by atoms with van der Waals surface area (Å²) in [6.45, 7) is 0.362. The van der Waals surface area contributed by atoms with Gasteiger partial charge in [-0.1, -0.05) is 0 Å². The van der Waals surface area contributed by atoms with Crippen LogP contribution in [0.5, 0.6) is 0 Å². The highest BCUT2D eigenvalue weighted by Gasteiger charge is 2.69. The molecule has 0 radical (unpaired) electrons. The second-order valence-electron chi connectivity index (χ2n) is 3.71. The molecule has 5 heteroatoms. The topological polar surface area (TPSA) is 72.8 Å². The van der Waals surface area contributed by atoms with Crippen molar-refractivity contribution in [2.45, 2.75) is 12.4 Å². The number of rotatable bonds is 1. The number of hydrogen-bond donors (Lipinski definition) is 1. The zero-order valence-electron chi connectivity index (χ0n) is 6.67. The van der Waals surface area contributed by atoms with Crippen LogP contribution >= 0.6 is 0 Å². The Morgan fingerprint density at radius 2 is 2.31 bits per heavy atom. The highest BCUT2D eigenvalue weighted by molar-refractivity contribution is 5.95. The third-order valence-corrected chi connectivity index (χ3v) is 3.06. The van der Waals surface area contributed by atoms with Crippen LogP contribution in [0.4, 0.5) is 0 Å². The predicted octanol–water partition coefficient (Wildman–Crippen LogP) is -0.743. The molecule has 1 N–H and O–H groups in total. The average Bonchev–Trinajstić information content (AvgIpc) is 2.69. The van der Waals surface area contributed by atoms with Gasteiger partial charge in [-0.3, -0.25) is 9.59 Å². The fourth-order valence-corrected chi connectivity index (χ4v) is 2.41. The smallest absolute Gasteiger partial charge is 0.307 e. The zero-order valence-corrected chi connectivity index (χ0v) is 6.67. The molecule has 3 rings (SSSR count). The predicted molar refractivity (Wildman–Crippen MR) is 37.7 cm³/mol. The van der Waals surface area contributed by atoms with Crippen LogP contribution in [0.25, 0.3) is 0 Å². The molecule has 5 atom stereocenters. The number of aliphatic carboxylic acids is 1. The zero-order chi connectivity index (χ0) is 9.16. The Labute approximate surface area is 73.6 Å². The summed E-state index contributed by atoms with van der Waals surface area (Å²) in [5.74, 6) is -2.08. The summed E-state index contributed by atoms with van der Waals surface area (Å²) in [5.41, 5.74) is 0.